The Morgan fingerprint density at radius 3 is 3.11 bits per heavy atom. The van der Waals surface area contributed by atoms with Gasteiger partial charge in [-0.15, -0.1) is 0 Å². The monoisotopic (exact) mass is 134 g/mol. The Hall–Kier alpha value is -0.763. The summed E-state index contributed by atoms with van der Waals surface area (Å²) in [6.45, 7) is 0. The molecule has 2 radical (unpaired) electrons. The van der Waals surface area contributed by atoms with Gasteiger partial charge in [0.05, 0.1) is 0 Å². The van der Waals surface area contributed by atoms with Gasteiger partial charge in [0, 0.05) is 6.04 Å². The second-order valence-corrected chi connectivity index (χ2v) is 2.88. The van der Waals surface area contributed by atoms with Crippen LogP contribution in [0.5, 0.6) is 5.75 Å². The maximum atomic E-state index is 5.33. The molecule has 0 unspecified atom stereocenters. The molecule has 9 heavy (non-hydrogen) atoms. The Bertz CT molecular complexity index is 199. The quantitative estimate of drug-likeness (QED) is 0.484. The molecule has 0 N–H and O–H groups in total. The Morgan fingerprint density at radius 2 is 2.22 bits per heavy atom. The first-order valence-electron chi connectivity index (χ1n) is 2.94. The fourth-order valence-electron chi connectivity index (χ4n) is 0.941. The zero-order chi connectivity index (χ0) is 6.10. The van der Waals surface area contributed by atoms with E-state index in [1.807, 2.05) is 12.1 Å². The number of benzene rings is 1. The highest BCUT2D eigenvalue weighted by molar-refractivity contribution is 6.29. The van der Waals surface area contributed by atoms with E-state index < -0.39 is 0 Å². The molecule has 0 saturated carbocycles. The first-order valence-corrected chi connectivity index (χ1v) is 4.06. The van der Waals surface area contributed by atoms with Gasteiger partial charge in [-0.3, -0.25) is 0 Å². The van der Waals surface area contributed by atoms with Crippen LogP contribution < -0.4 is 4.43 Å². The maximum absolute atomic E-state index is 5.33. The Kier molecular flexibility index (Phi) is 1.06. The third-order valence-electron chi connectivity index (χ3n) is 1.42. The molecule has 0 saturated heterocycles. The Labute approximate surface area is 56.6 Å². The van der Waals surface area contributed by atoms with Gasteiger partial charge in [-0.25, -0.2) is 0 Å². The first-order chi connectivity index (χ1) is 4.47. The SMILES string of the molecule is c1ccc2c(c1)C[Si]O2. The molecule has 2 rings (SSSR count). The van der Waals surface area contributed by atoms with Gasteiger partial charge in [0.1, 0.15) is 5.75 Å². The minimum absolute atomic E-state index is 0.646. The van der Waals surface area contributed by atoms with Gasteiger partial charge in [0.15, 0.2) is 0 Å². The normalized spacial score (nSPS) is 14.7. The van der Waals surface area contributed by atoms with Crippen molar-refractivity contribution in [3.8, 4) is 5.75 Å². The molecule has 0 spiro atoms. The molecule has 1 aromatic rings. The van der Waals surface area contributed by atoms with Crippen LogP contribution in [0.15, 0.2) is 24.3 Å². The third kappa shape index (κ3) is 0.753. The van der Waals surface area contributed by atoms with Crippen molar-refractivity contribution in [1.82, 2.24) is 0 Å². The third-order valence-corrected chi connectivity index (χ3v) is 2.31. The van der Waals surface area contributed by atoms with E-state index in [1.54, 1.807) is 0 Å². The summed E-state index contributed by atoms with van der Waals surface area (Å²) in [6, 6.07) is 9.31. The van der Waals surface area contributed by atoms with Crippen LogP contribution in [0, 0.1) is 0 Å². The van der Waals surface area contributed by atoms with Crippen LogP contribution in [0.3, 0.4) is 0 Å². The topological polar surface area (TPSA) is 9.23 Å². The van der Waals surface area contributed by atoms with E-state index in [4.69, 9.17) is 4.43 Å². The number of rotatable bonds is 0. The van der Waals surface area contributed by atoms with Crippen molar-refractivity contribution < 1.29 is 4.43 Å². The minimum Gasteiger partial charge on any atom is -0.540 e. The summed E-state index contributed by atoms with van der Waals surface area (Å²) in [4.78, 5) is 0. The van der Waals surface area contributed by atoms with E-state index in [1.165, 1.54) is 5.56 Å². The van der Waals surface area contributed by atoms with E-state index in [-0.39, 0.29) is 0 Å². The molecule has 1 aliphatic rings. The fourth-order valence-corrected chi connectivity index (χ4v) is 1.82. The lowest BCUT2D eigenvalue weighted by molar-refractivity contribution is 0.614. The summed E-state index contributed by atoms with van der Waals surface area (Å²) in [6.07, 6.45) is 0. The van der Waals surface area contributed by atoms with Gasteiger partial charge in [0.25, 0.3) is 0 Å². The van der Waals surface area contributed by atoms with Crippen molar-refractivity contribution >= 4 is 9.76 Å². The van der Waals surface area contributed by atoms with Crippen molar-refractivity contribution in [3.63, 3.8) is 0 Å². The lowest BCUT2D eigenvalue weighted by Crippen LogP contribution is -1.92. The highest BCUT2D eigenvalue weighted by Gasteiger charge is 2.10. The predicted octanol–water partition coefficient (Wildman–Crippen LogP) is 1.20. The van der Waals surface area contributed by atoms with E-state index in [2.05, 4.69) is 12.1 Å². The van der Waals surface area contributed by atoms with Gasteiger partial charge in [-0.2, -0.15) is 0 Å². The van der Waals surface area contributed by atoms with Crippen molar-refractivity contribution in [2.75, 3.05) is 0 Å². The van der Waals surface area contributed by atoms with Crippen LogP contribution in [0.1, 0.15) is 5.56 Å². The zero-order valence-electron chi connectivity index (χ0n) is 4.92. The fraction of sp³-hybridized carbons (Fsp3) is 0.143. The van der Waals surface area contributed by atoms with E-state index in [9.17, 15) is 0 Å². The molecule has 44 valence electrons. The molecule has 2 heteroatoms. The average molecular weight is 134 g/mol. The van der Waals surface area contributed by atoms with Crippen LogP contribution in [0.4, 0.5) is 0 Å². The first kappa shape index (κ1) is 5.06. The second-order valence-electron chi connectivity index (χ2n) is 2.03. The maximum Gasteiger partial charge on any atom is 0.315 e. The van der Waals surface area contributed by atoms with Gasteiger partial charge in [-0.1, -0.05) is 18.2 Å². The largest absolute Gasteiger partial charge is 0.540 e. The minimum atomic E-state index is 0.646. The van der Waals surface area contributed by atoms with Crippen LogP contribution in [-0.2, 0) is 6.04 Å². The average Bonchev–Trinajstić information content (AvgIpc) is 2.33. The lowest BCUT2D eigenvalue weighted by Gasteiger charge is -1.94. The van der Waals surface area contributed by atoms with Crippen molar-refractivity contribution in [3.05, 3.63) is 29.8 Å². The Balaban J connectivity index is 2.54. The Morgan fingerprint density at radius 1 is 1.33 bits per heavy atom. The lowest BCUT2D eigenvalue weighted by atomic mass is 10.2. The number of para-hydroxylation sites is 1. The number of hydrogen-bond acceptors (Lipinski definition) is 1. The van der Waals surface area contributed by atoms with Crippen LogP contribution in [0.2, 0.25) is 0 Å². The number of hydrogen-bond donors (Lipinski definition) is 0. The van der Waals surface area contributed by atoms with Crippen LogP contribution >= 0.6 is 0 Å². The van der Waals surface area contributed by atoms with Crippen molar-refractivity contribution in [1.29, 1.82) is 0 Å². The molecule has 0 fully saturated rings. The molecule has 0 atom stereocenters. The van der Waals surface area contributed by atoms with Crippen LogP contribution in [0.25, 0.3) is 0 Å². The molecular weight excluding hydrogens is 128 g/mol. The van der Waals surface area contributed by atoms with Gasteiger partial charge in [0.2, 0.25) is 0 Å². The molecule has 0 bridgehead atoms. The number of fused-ring (bicyclic) bond motifs is 1. The highest BCUT2D eigenvalue weighted by Crippen LogP contribution is 2.22. The molecule has 0 aliphatic carbocycles. The van der Waals surface area contributed by atoms with Gasteiger partial charge >= 0.3 is 9.76 Å². The molecule has 0 aromatic heterocycles. The van der Waals surface area contributed by atoms with Crippen molar-refractivity contribution in [2.45, 2.75) is 6.04 Å². The molecular formula is C7H6OSi. The molecule has 1 heterocycles. The smallest absolute Gasteiger partial charge is 0.315 e. The summed E-state index contributed by atoms with van der Waals surface area (Å²) in [5, 5.41) is 0. The summed E-state index contributed by atoms with van der Waals surface area (Å²) < 4.78 is 5.33. The van der Waals surface area contributed by atoms with Gasteiger partial charge in [-0.05, 0) is 11.6 Å². The molecule has 1 aliphatic heterocycles. The summed E-state index contributed by atoms with van der Waals surface area (Å²) in [5.74, 6) is 1.08. The highest BCUT2D eigenvalue weighted by atomic mass is 28.2. The standard InChI is InChI=1S/C7H6OSi/c1-2-4-7-6(3-1)5-9-8-7/h1-4H,5H2. The summed E-state index contributed by atoms with van der Waals surface area (Å²) in [5.41, 5.74) is 1.36. The van der Waals surface area contributed by atoms with E-state index >= 15 is 0 Å². The zero-order valence-corrected chi connectivity index (χ0v) is 5.92. The van der Waals surface area contributed by atoms with E-state index in [0.29, 0.717) is 9.76 Å². The molecule has 1 aromatic carbocycles. The summed E-state index contributed by atoms with van der Waals surface area (Å²) >= 11 is 0. The van der Waals surface area contributed by atoms with E-state index in [0.717, 1.165) is 11.8 Å². The molecule has 0 amide bonds. The predicted molar refractivity (Wildman–Crippen MR) is 36.5 cm³/mol. The van der Waals surface area contributed by atoms with Crippen molar-refractivity contribution in [2.24, 2.45) is 0 Å². The second kappa shape index (κ2) is 1.88. The van der Waals surface area contributed by atoms with Crippen LogP contribution in [-0.4, -0.2) is 9.76 Å². The van der Waals surface area contributed by atoms with Gasteiger partial charge < -0.3 is 4.43 Å². The molecule has 1 nitrogen and oxygen atoms in total. The summed E-state index contributed by atoms with van der Waals surface area (Å²) in [7, 11) is 0.646.